The zero-order chi connectivity index (χ0) is 18.4. The summed E-state index contributed by atoms with van der Waals surface area (Å²) in [6.07, 6.45) is 5.28. The molecule has 1 saturated heterocycles. The van der Waals surface area contributed by atoms with Crippen LogP contribution in [-0.4, -0.2) is 43.2 Å². The number of carbonyl (C=O) groups is 1. The Morgan fingerprint density at radius 1 is 1.23 bits per heavy atom. The highest BCUT2D eigenvalue weighted by Gasteiger charge is 2.26. The Balaban J connectivity index is 1.58. The van der Waals surface area contributed by atoms with Gasteiger partial charge in [-0.2, -0.15) is 0 Å². The van der Waals surface area contributed by atoms with Gasteiger partial charge in [0.15, 0.2) is 11.5 Å². The van der Waals surface area contributed by atoms with Crippen LogP contribution in [0, 0.1) is 5.92 Å². The van der Waals surface area contributed by atoms with Crippen molar-refractivity contribution in [1.82, 2.24) is 15.3 Å². The molecule has 1 amide bonds. The maximum Gasteiger partial charge on any atom is 0.225 e. The van der Waals surface area contributed by atoms with E-state index in [1.807, 2.05) is 18.2 Å². The number of amides is 1. The van der Waals surface area contributed by atoms with Gasteiger partial charge in [-0.15, -0.1) is 0 Å². The van der Waals surface area contributed by atoms with Gasteiger partial charge in [0.2, 0.25) is 11.9 Å². The summed E-state index contributed by atoms with van der Waals surface area (Å²) in [5.74, 6) is 2.01. The van der Waals surface area contributed by atoms with Crippen LogP contribution in [0.15, 0.2) is 36.7 Å². The molecule has 0 saturated carbocycles. The van der Waals surface area contributed by atoms with Gasteiger partial charge in [-0.3, -0.25) is 4.79 Å². The Labute approximate surface area is 153 Å². The van der Waals surface area contributed by atoms with Crippen LogP contribution in [0.5, 0.6) is 11.5 Å². The predicted molar refractivity (Wildman–Crippen MR) is 98.4 cm³/mol. The highest BCUT2D eigenvalue weighted by Crippen LogP contribution is 2.27. The van der Waals surface area contributed by atoms with E-state index in [4.69, 9.17) is 9.47 Å². The second-order valence-electron chi connectivity index (χ2n) is 6.24. The average Bonchev–Trinajstić information content (AvgIpc) is 2.72. The Kier molecular flexibility index (Phi) is 5.88. The molecule has 1 aromatic carbocycles. The summed E-state index contributed by atoms with van der Waals surface area (Å²) in [6, 6.07) is 7.44. The fraction of sp³-hybridized carbons (Fsp3) is 0.421. The van der Waals surface area contributed by atoms with Crippen LogP contribution < -0.4 is 19.7 Å². The molecule has 7 nitrogen and oxygen atoms in total. The Bertz CT molecular complexity index is 739. The van der Waals surface area contributed by atoms with Gasteiger partial charge in [0, 0.05) is 32.0 Å². The van der Waals surface area contributed by atoms with Crippen molar-refractivity contribution < 1.29 is 14.3 Å². The predicted octanol–water partition coefficient (Wildman–Crippen LogP) is 2.03. The summed E-state index contributed by atoms with van der Waals surface area (Å²) in [5, 5.41) is 3.03. The number of carbonyl (C=O) groups excluding carboxylic acids is 1. The van der Waals surface area contributed by atoms with Crippen LogP contribution >= 0.6 is 0 Å². The van der Waals surface area contributed by atoms with Crippen LogP contribution in [0.25, 0.3) is 0 Å². The topological polar surface area (TPSA) is 76.6 Å². The van der Waals surface area contributed by atoms with E-state index in [-0.39, 0.29) is 11.8 Å². The van der Waals surface area contributed by atoms with E-state index in [2.05, 4.69) is 20.2 Å². The number of nitrogens with zero attached hydrogens (tertiary/aromatic N) is 3. The molecule has 0 bridgehead atoms. The normalized spacial score (nSPS) is 16.8. The van der Waals surface area contributed by atoms with Crippen molar-refractivity contribution in [2.24, 2.45) is 5.92 Å². The van der Waals surface area contributed by atoms with E-state index < -0.39 is 0 Å². The van der Waals surface area contributed by atoms with Crippen LogP contribution in [0.2, 0.25) is 0 Å². The molecular formula is C19H24N4O3. The Hall–Kier alpha value is -2.83. The maximum absolute atomic E-state index is 12.6. The first-order chi connectivity index (χ1) is 12.7. The number of benzene rings is 1. The molecule has 3 rings (SSSR count). The molecule has 0 spiro atoms. The van der Waals surface area contributed by atoms with Crippen molar-refractivity contribution in [1.29, 1.82) is 0 Å². The zero-order valence-corrected chi connectivity index (χ0v) is 15.1. The summed E-state index contributed by atoms with van der Waals surface area (Å²) < 4.78 is 10.5. The molecular weight excluding hydrogens is 332 g/mol. The lowest BCUT2D eigenvalue weighted by atomic mass is 9.97. The van der Waals surface area contributed by atoms with E-state index in [1.165, 1.54) is 0 Å². The van der Waals surface area contributed by atoms with Crippen molar-refractivity contribution in [2.75, 3.05) is 32.2 Å². The standard InChI is InChI=1S/C19H24N4O3/c1-25-16-7-6-14(11-17(16)26-2)12-22-18(24)15-5-3-10-23(13-15)19-20-8-4-9-21-19/h4,6-9,11,15H,3,5,10,12-13H2,1-2H3,(H,22,24). The SMILES string of the molecule is COc1ccc(CNC(=O)C2CCCN(c3ncccn3)C2)cc1OC. The van der Waals surface area contributed by atoms with E-state index in [0.717, 1.165) is 24.9 Å². The molecule has 138 valence electrons. The number of hydrogen-bond donors (Lipinski definition) is 1. The van der Waals surface area contributed by atoms with E-state index >= 15 is 0 Å². The number of ether oxygens (including phenoxy) is 2. The van der Waals surface area contributed by atoms with Crippen molar-refractivity contribution in [2.45, 2.75) is 19.4 Å². The lowest BCUT2D eigenvalue weighted by Gasteiger charge is -2.31. The third-order valence-corrected chi connectivity index (χ3v) is 4.54. The Morgan fingerprint density at radius 3 is 2.73 bits per heavy atom. The van der Waals surface area contributed by atoms with Crippen LogP contribution in [-0.2, 0) is 11.3 Å². The lowest BCUT2D eigenvalue weighted by molar-refractivity contribution is -0.125. The molecule has 2 aromatic rings. The monoisotopic (exact) mass is 356 g/mol. The van der Waals surface area contributed by atoms with Crippen molar-refractivity contribution in [3.05, 3.63) is 42.2 Å². The number of aromatic nitrogens is 2. The highest BCUT2D eigenvalue weighted by molar-refractivity contribution is 5.79. The first kappa shape index (κ1) is 18.0. The van der Waals surface area contributed by atoms with Gasteiger partial charge in [0.05, 0.1) is 20.1 Å². The molecule has 1 fully saturated rings. The minimum absolute atomic E-state index is 0.0559. The van der Waals surface area contributed by atoms with Gasteiger partial charge in [-0.05, 0) is 36.6 Å². The molecule has 7 heteroatoms. The number of piperidine rings is 1. The quantitative estimate of drug-likeness (QED) is 0.853. The fourth-order valence-electron chi connectivity index (χ4n) is 3.15. The fourth-order valence-corrected chi connectivity index (χ4v) is 3.15. The lowest BCUT2D eigenvalue weighted by Crippen LogP contribution is -2.43. The molecule has 0 aliphatic carbocycles. The molecule has 0 radical (unpaired) electrons. The van der Waals surface area contributed by atoms with Crippen molar-refractivity contribution >= 4 is 11.9 Å². The van der Waals surface area contributed by atoms with Crippen LogP contribution in [0.1, 0.15) is 18.4 Å². The average molecular weight is 356 g/mol. The van der Waals surface area contributed by atoms with Gasteiger partial charge in [0.1, 0.15) is 0 Å². The maximum atomic E-state index is 12.6. The number of nitrogens with one attached hydrogen (secondary N) is 1. The largest absolute Gasteiger partial charge is 0.493 e. The number of methoxy groups -OCH3 is 2. The molecule has 1 aromatic heterocycles. The van der Waals surface area contributed by atoms with Gasteiger partial charge in [0.25, 0.3) is 0 Å². The first-order valence-electron chi connectivity index (χ1n) is 8.72. The number of hydrogen-bond acceptors (Lipinski definition) is 6. The number of anilines is 1. The van der Waals surface area contributed by atoms with Gasteiger partial charge < -0.3 is 19.7 Å². The third-order valence-electron chi connectivity index (χ3n) is 4.54. The van der Waals surface area contributed by atoms with Gasteiger partial charge >= 0.3 is 0 Å². The zero-order valence-electron chi connectivity index (χ0n) is 15.1. The summed E-state index contributed by atoms with van der Waals surface area (Å²) >= 11 is 0. The van der Waals surface area contributed by atoms with Crippen LogP contribution in [0.4, 0.5) is 5.95 Å². The van der Waals surface area contributed by atoms with E-state index in [9.17, 15) is 4.79 Å². The molecule has 1 N–H and O–H groups in total. The van der Waals surface area contributed by atoms with E-state index in [1.54, 1.807) is 32.7 Å². The molecule has 1 atom stereocenters. The minimum atomic E-state index is -0.0623. The molecule has 1 aliphatic heterocycles. The van der Waals surface area contributed by atoms with Crippen molar-refractivity contribution in [3.63, 3.8) is 0 Å². The molecule has 2 heterocycles. The highest BCUT2D eigenvalue weighted by atomic mass is 16.5. The minimum Gasteiger partial charge on any atom is -0.493 e. The van der Waals surface area contributed by atoms with Gasteiger partial charge in [-0.25, -0.2) is 9.97 Å². The van der Waals surface area contributed by atoms with Crippen LogP contribution in [0.3, 0.4) is 0 Å². The molecule has 26 heavy (non-hydrogen) atoms. The number of rotatable bonds is 6. The second-order valence-corrected chi connectivity index (χ2v) is 6.24. The first-order valence-corrected chi connectivity index (χ1v) is 8.72. The summed E-state index contributed by atoms with van der Waals surface area (Å²) in [6.45, 7) is 1.97. The molecule has 1 aliphatic rings. The second kappa shape index (κ2) is 8.51. The van der Waals surface area contributed by atoms with Gasteiger partial charge in [-0.1, -0.05) is 6.07 Å². The summed E-state index contributed by atoms with van der Waals surface area (Å²) in [7, 11) is 3.20. The van der Waals surface area contributed by atoms with E-state index in [0.29, 0.717) is 30.5 Å². The summed E-state index contributed by atoms with van der Waals surface area (Å²) in [4.78, 5) is 23.2. The van der Waals surface area contributed by atoms with Crippen molar-refractivity contribution in [3.8, 4) is 11.5 Å². The Morgan fingerprint density at radius 2 is 2.00 bits per heavy atom. The summed E-state index contributed by atoms with van der Waals surface area (Å²) in [5.41, 5.74) is 0.968. The third kappa shape index (κ3) is 4.22. The molecule has 1 unspecified atom stereocenters. The smallest absolute Gasteiger partial charge is 0.225 e.